The molecule has 1 aromatic heterocycles. The summed E-state index contributed by atoms with van der Waals surface area (Å²) < 4.78 is 17.7. The van der Waals surface area contributed by atoms with E-state index in [-0.39, 0.29) is 5.82 Å². The number of hydrogen-bond donors (Lipinski definition) is 1. The van der Waals surface area contributed by atoms with Gasteiger partial charge in [0, 0.05) is 12.6 Å². The van der Waals surface area contributed by atoms with Gasteiger partial charge in [-0.15, -0.1) is 0 Å². The van der Waals surface area contributed by atoms with E-state index >= 15 is 0 Å². The van der Waals surface area contributed by atoms with Gasteiger partial charge in [0.05, 0.1) is 12.7 Å². The lowest BCUT2D eigenvalue weighted by Crippen LogP contribution is -2.12. The van der Waals surface area contributed by atoms with Crippen molar-refractivity contribution in [2.45, 2.75) is 13.1 Å². The third-order valence-electron chi connectivity index (χ3n) is 2.01. The molecule has 0 aliphatic heterocycles. The Morgan fingerprint density at radius 1 is 1.27 bits per heavy atom. The van der Waals surface area contributed by atoms with Crippen LogP contribution >= 0.6 is 0 Å². The van der Waals surface area contributed by atoms with Crippen LogP contribution < -0.4 is 5.32 Å². The van der Waals surface area contributed by atoms with Gasteiger partial charge in [-0.3, -0.25) is 0 Å². The molecule has 15 heavy (non-hydrogen) atoms. The Bertz CT molecular complexity index is 414. The first-order chi connectivity index (χ1) is 7.34. The molecule has 2 aromatic rings. The van der Waals surface area contributed by atoms with Crippen molar-refractivity contribution in [3.05, 3.63) is 53.7 Å². The third kappa shape index (κ3) is 2.89. The molecule has 0 spiro atoms. The second-order valence-electron chi connectivity index (χ2n) is 3.21. The summed E-state index contributed by atoms with van der Waals surface area (Å²) in [6, 6.07) is 8.29. The van der Waals surface area contributed by atoms with Gasteiger partial charge >= 0.3 is 0 Å². The normalized spacial score (nSPS) is 10.5. The predicted octanol–water partition coefficient (Wildman–Crippen LogP) is 2.10. The van der Waals surface area contributed by atoms with Crippen LogP contribution in [0.15, 0.2) is 41.1 Å². The Hall–Kier alpha value is -1.68. The fraction of sp³-hybridized carbons (Fsp3) is 0.182. The van der Waals surface area contributed by atoms with E-state index in [4.69, 9.17) is 4.52 Å². The molecule has 0 aliphatic rings. The topological polar surface area (TPSA) is 38.1 Å². The Kier molecular flexibility index (Phi) is 3.09. The summed E-state index contributed by atoms with van der Waals surface area (Å²) in [6.07, 6.45) is 1.60. The fourth-order valence-corrected chi connectivity index (χ4v) is 1.31. The maximum atomic E-state index is 12.8. The lowest BCUT2D eigenvalue weighted by atomic mass is 10.2. The molecule has 1 aromatic carbocycles. The van der Waals surface area contributed by atoms with Crippen molar-refractivity contribution >= 4 is 0 Å². The number of halogens is 1. The first kappa shape index (κ1) is 9.86. The van der Waals surface area contributed by atoms with Crippen molar-refractivity contribution in [2.24, 2.45) is 0 Å². The lowest BCUT2D eigenvalue weighted by Gasteiger charge is -2.02. The molecule has 0 amide bonds. The van der Waals surface area contributed by atoms with Crippen LogP contribution in [-0.2, 0) is 13.1 Å². The number of hydrogen-bond acceptors (Lipinski definition) is 3. The van der Waals surface area contributed by atoms with Gasteiger partial charge < -0.3 is 9.84 Å². The van der Waals surface area contributed by atoms with Crippen molar-refractivity contribution in [3.63, 3.8) is 0 Å². The second kappa shape index (κ2) is 4.70. The molecule has 78 valence electrons. The van der Waals surface area contributed by atoms with E-state index in [1.807, 2.05) is 6.07 Å². The Morgan fingerprint density at radius 3 is 2.93 bits per heavy atom. The molecule has 3 nitrogen and oxygen atoms in total. The highest BCUT2D eigenvalue weighted by Crippen LogP contribution is 2.03. The van der Waals surface area contributed by atoms with Crippen molar-refractivity contribution < 1.29 is 8.91 Å². The van der Waals surface area contributed by atoms with Crippen molar-refractivity contribution in [2.75, 3.05) is 0 Å². The SMILES string of the molecule is Fc1cccc(CNCc2ccno2)c1. The maximum Gasteiger partial charge on any atom is 0.150 e. The van der Waals surface area contributed by atoms with Crippen LogP contribution in [0.25, 0.3) is 0 Å². The van der Waals surface area contributed by atoms with Gasteiger partial charge in [0.2, 0.25) is 0 Å². The minimum atomic E-state index is -0.214. The number of nitrogens with one attached hydrogen (secondary N) is 1. The quantitative estimate of drug-likeness (QED) is 0.832. The average molecular weight is 206 g/mol. The number of nitrogens with zero attached hydrogens (tertiary/aromatic N) is 1. The zero-order valence-corrected chi connectivity index (χ0v) is 8.11. The minimum absolute atomic E-state index is 0.214. The molecule has 1 heterocycles. The van der Waals surface area contributed by atoms with Crippen LogP contribution in [0.4, 0.5) is 4.39 Å². The summed E-state index contributed by atoms with van der Waals surface area (Å²) >= 11 is 0. The number of aromatic nitrogens is 1. The predicted molar refractivity (Wildman–Crippen MR) is 53.4 cm³/mol. The van der Waals surface area contributed by atoms with E-state index in [2.05, 4.69) is 10.5 Å². The summed E-state index contributed by atoms with van der Waals surface area (Å²) in [7, 11) is 0. The van der Waals surface area contributed by atoms with Gasteiger partial charge in [-0.1, -0.05) is 17.3 Å². The van der Waals surface area contributed by atoms with Gasteiger partial charge in [-0.2, -0.15) is 0 Å². The molecule has 0 atom stereocenters. The van der Waals surface area contributed by atoms with E-state index in [0.717, 1.165) is 11.3 Å². The Balaban J connectivity index is 1.83. The molecule has 0 fully saturated rings. The first-order valence-corrected chi connectivity index (χ1v) is 4.69. The van der Waals surface area contributed by atoms with Crippen LogP contribution in [-0.4, -0.2) is 5.16 Å². The van der Waals surface area contributed by atoms with Crippen LogP contribution in [0, 0.1) is 5.82 Å². The first-order valence-electron chi connectivity index (χ1n) is 4.69. The lowest BCUT2D eigenvalue weighted by molar-refractivity contribution is 0.372. The van der Waals surface area contributed by atoms with Gasteiger partial charge in [0.25, 0.3) is 0 Å². The Labute approximate surface area is 86.9 Å². The molecule has 0 radical (unpaired) electrons. The zero-order chi connectivity index (χ0) is 10.5. The van der Waals surface area contributed by atoms with Gasteiger partial charge in [0.1, 0.15) is 11.6 Å². The van der Waals surface area contributed by atoms with Crippen molar-refractivity contribution in [3.8, 4) is 0 Å². The highest BCUT2D eigenvalue weighted by atomic mass is 19.1. The molecule has 0 unspecified atom stereocenters. The number of benzene rings is 1. The van der Waals surface area contributed by atoms with Crippen molar-refractivity contribution in [1.29, 1.82) is 0 Å². The molecule has 0 bridgehead atoms. The molecule has 4 heteroatoms. The highest BCUT2D eigenvalue weighted by Gasteiger charge is 1.97. The average Bonchev–Trinajstić information content (AvgIpc) is 2.71. The van der Waals surface area contributed by atoms with Crippen molar-refractivity contribution in [1.82, 2.24) is 10.5 Å². The van der Waals surface area contributed by atoms with Crippen LogP contribution in [0.3, 0.4) is 0 Å². The standard InChI is InChI=1S/C11H11FN2O/c12-10-3-1-2-9(6-10)7-13-8-11-4-5-14-15-11/h1-6,13H,7-8H2. The van der Waals surface area contributed by atoms with E-state index in [1.165, 1.54) is 12.1 Å². The summed E-state index contributed by atoms with van der Waals surface area (Å²) in [6.45, 7) is 1.20. The summed E-state index contributed by atoms with van der Waals surface area (Å²) in [4.78, 5) is 0. The number of rotatable bonds is 4. The molecule has 2 rings (SSSR count). The van der Waals surface area contributed by atoms with E-state index in [0.29, 0.717) is 13.1 Å². The molecule has 0 saturated heterocycles. The monoisotopic (exact) mass is 206 g/mol. The van der Waals surface area contributed by atoms with Crippen LogP contribution in [0.2, 0.25) is 0 Å². The Morgan fingerprint density at radius 2 is 2.20 bits per heavy atom. The van der Waals surface area contributed by atoms with E-state index in [9.17, 15) is 4.39 Å². The minimum Gasteiger partial charge on any atom is -0.360 e. The fourth-order valence-electron chi connectivity index (χ4n) is 1.31. The van der Waals surface area contributed by atoms with E-state index < -0.39 is 0 Å². The molecule has 1 N–H and O–H groups in total. The molecular weight excluding hydrogens is 195 g/mol. The molecule has 0 aliphatic carbocycles. The third-order valence-corrected chi connectivity index (χ3v) is 2.01. The summed E-state index contributed by atoms with van der Waals surface area (Å²) in [5.41, 5.74) is 0.912. The van der Waals surface area contributed by atoms with Crippen LogP contribution in [0.5, 0.6) is 0 Å². The van der Waals surface area contributed by atoms with Gasteiger partial charge in [-0.05, 0) is 17.7 Å². The largest absolute Gasteiger partial charge is 0.360 e. The van der Waals surface area contributed by atoms with E-state index in [1.54, 1.807) is 18.3 Å². The molecule has 0 saturated carbocycles. The van der Waals surface area contributed by atoms with Gasteiger partial charge in [0.15, 0.2) is 0 Å². The maximum absolute atomic E-state index is 12.8. The van der Waals surface area contributed by atoms with Gasteiger partial charge in [-0.25, -0.2) is 4.39 Å². The van der Waals surface area contributed by atoms with Crippen LogP contribution in [0.1, 0.15) is 11.3 Å². The second-order valence-corrected chi connectivity index (χ2v) is 3.21. The zero-order valence-electron chi connectivity index (χ0n) is 8.11. The summed E-state index contributed by atoms with van der Waals surface area (Å²) in [5, 5.41) is 6.72. The smallest absolute Gasteiger partial charge is 0.150 e. The summed E-state index contributed by atoms with van der Waals surface area (Å²) in [5.74, 6) is 0.556. The molecular formula is C11H11FN2O. The highest BCUT2D eigenvalue weighted by molar-refractivity contribution is 5.16.